The minimum absolute atomic E-state index is 0.738. The fraction of sp³-hybridized carbons (Fsp3) is 0.231. The van der Waals surface area contributed by atoms with Crippen LogP contribution in [0.5, 0.6) is 11.5 Å². The van der Waals surface area contributed by atoms with Crippen LogP contribution in [0.3, 0.4) is 0 Å². The number of ether oxygens (including phenoxy) is 1. The predicted octanol–water partition coefficient (Wildman–Crippen LogP) is 5.77. The van der Waals surface area contributed by atoms with E-state index in [2.05, 4.69) is 59.1 Å². The molecule has 162 valence electrons. The number of hydrogen-bond acceptors (Lipinski definition) is 5. The fourth-order valence-corrected chi connectivity index (χ4v) is 4.19. The minimum Gasteiger partial charge on any atom is -0.457 e. The molecule has 6 nitrogen and oxygen atoms in total. The zero-order chi connectivity index (χ0) is 22.4. The van der Waals surface area contributed by atoms with Crippen LogP contribution in [-0.4, -0.2) is 33.0 Å². The van der Waals surface area contributed by atoms with Gasteiger partial charge in [-0.1, -0.05) is 12.1 Å². The first-order valence-corrected chi connectivity index (χ1v) is 10.8. The van der Waals surface area contributed by atoms with Gasteiger partial charge in [0.25, 0.3) is 0 Å². The summed E-state index contributed by atoms with van der Waals surface area (Å²) in [5, 5.41) is 0. The van der Waals surface area contributed by atoms with Crippen LogP contribution in [0.4, 0.5) is 5.69 Å². The third-order valence-electron chi connectivity index (χ3n) is 6.31. The number of hydrogen-bond donors (Lipinski definition) is 0. The Labute approximate surface area is 188 Å². The third kappa shape index (κ3) is 3.38. The largest absolute Gasteiger partial charge is 0.457 e. The van der Waals surface area contributed by atoms with Gasteiger partial charge in [-0.05, 0) is 52.0 Å². The molecule has 1 aliphatic rings. The molecule has 4 heterocycles. The first-order chi connectivity index (χ1) is 15.4. The van der Waals surface area contributed by atoms with E-state index in [1.165, 1.54) is 11.4 Å². The Morgan fingerprint density at radius 2 is 1.72 bits per heavy atom. The van der Waals surface area contributed by atoms with Gasteiger partial charge in [-0.3, -0.25) is 9.38 Å². The van der Waals surface area contributed by atoms with Gasteiger partial charge in [-0.25, -0.2) is 4.98 Å². The summed E-state index contributed by atoms with van der Waals surface area (Å²) in [6, 6.07) is 18.2. The van der Waals surface area contributed by atoms with Gasteiger partial charge in [0, 0.05) is 54.2 Å². The molecule has 1 aliphatic heterocycles. The molecule has 0 saturated heterocycles. The normalized spacial score (nSPS) is 14.0. The third-order valence-corrected chi connectivity index (χ3v) is 6.31. The molecule has 32 heavy (non-hydrogen) atoms. The van der Waals surface area contributed by atoms with Gasteiger partial charge >= 0.3 is 0 Å². The van der Waals surface area contributed by atoms with Crippen molar-refractivity contribution in [2.24, 2.45) is 0 Å². The molecule has 3 aromatic heterocycles. The average Bonchev–Trinajstić information content (AvgIpc) is 3.23. The maximum Gasteiger partial charge on any atom is 0.141 e. The van der Waals surface area contributed by atoms with Crippen LogP contribution in [0.25, 0.3) is 17.0 Å². The lowest BCUT2D eigenvalue weighted by molar-refractivity contribution is 0.459. The summed E-state index contributed by atoms with van der Waals surface area (Å²) in [7, 11) is 2.11. The van der Waals surface area contributed by atoms with E-state index in [1.54, 1.807) is 0 Å². The molecule has 5 rings (SSSR count). The lowest BCUT2D eigenvalue weighted by Gasteiger charge is -2.21. The van der Waals surface area contributed by atoms with Gasteiger partial charge in [0.1, 0.15) is 17.1 Å². The fourth-order valence-electron chi connectivity index (χ4n) is 4.19. The number of pyridine rings is 2. The number of fused-ring (bicyclic) bond motifs is 1. The van der Waals surface area contributed by atoms with Crippen LogP contribution in [0, 0.1) is 13.8 Å². The highest BCUT2D eigenvalue weighted by molar-refractivity contribution is 5.65. The molecule has 0 aliphatic carbocycles. The molecule has 0 atom stereocenters. The molecule has 6 heteroatoms. The monoisotopic (exact) mass is 425 g/mol. The van der Waals surface area contributed by atoms with Crippen molar-refractivity contribution in [3.05, 3.63) is 83.6 Å². The van der Waals surface area contributed by atoms with E-state index in [-0.39, 0.29) is 0 Å². The summed E-state index contributed by atoms with van der Waals surface area (Å²) < 4.78 is 8.49. The average molecular weight is 426 g/mol. The van der Waals surface area contributed by atoms with E-state index < -0.39 is 0 Å². The molecule has 1 aromatic carbocycles. The van der Waals surface area contributed by atoms with Crippen LogP contribution in [-0.2, 0) is 0 Å². The van der Waals surface area contributed by atoms with E-state index >= 15 is 0 Å². The quantitative estimate of drug-likeness (QED) is 0.416. The number of aromatic nitrogens is 3. The number of nitrogens with zero attached hydrogens (tertiary/aromatic N) is 5. The number of imidazole rings is 1. The highest BCUT2D eigenvalue weighted by Crippen LogP contribution is 2.34. The maximum atomic E-state index is 6.35. The second-order valence-electron chi connectivity index (χ2n) is 8.31. The highest BCUT2D eigenvalue weighted by Gasteiger charge is 2.22. The van der Waals surface area contributed by atoms with Gasteiger partial charge < -0.3 is 14.5 Å². The Kier molecular flexibility index (Phi) is 4.85. The van der Waals surface area contributed by atoms with Crippen LogP contribution in [0.2, 0.25) is 0 Å². The summed E-state index contributed by atoms with van der Waals surface area (Å²) in [4.78, 5) is 13.9. The van der Waals surface area contributed by atoms with E-state index in [9.17, 15) is 0 Å². The molecule has 0 amide bonds. The van der Waals surface area contributed by atoms with Crippen LogP contribution in [0.1, 0.15) is 25.2 Å². The van der Waals surface area contributed by atoms with Crippen molar-refractivity contribution in [1.29, 1.82) is 0 Å². The second kappa shape index (κ2) is 7.71. The number of aryl methyl sites for hydroxylation is 2. The lowest BCUT2D eigenvalue weighted by atomic mass is 10.2. The number of benzene rings is 1. The van der Waals surface area contributed by atoms with Gasteiger partial charge in [-0.15, -0.1) is 0 Å². The summed E-state index contributed by atoms with van der Waals surface area (Å²) in [5.74, 6) is 1.53. The topological polar surface area (TPSA) is 45.9 Å². The van der Waals surface area contributed by atoms with Crippen molar-refractivity contribution >= 4 is 11.3 Å². The SMILES string of the molecule is CC1=C(C)N(c2cccc(Oc3cc(-c4ccccn4)n4c(C)c(C)nc4c3)c2)CN1C. The number of rotatable bonds is 4. The first-order valence-electron chi connectivity index (χ1n) is 10.8. The molecular formula is C26H27N5O. The molecule has 0 spiro atoms. The summed E-state index contributed by atoms with van der Waals surface area (Å²) in [6.07, 6.45) is 1.81. The van der Waals surface area contributed by atoms with Crippen molar-refractivity contribution in [3.63, 3.8) is 0 Å². The number of allylic oxidation sites excluding steroid dienone is 2. The van der Waals surface area contributed by atoms with Crippen LogP contribution < -0.4 is 9.64 Å². The number of anilines is 1. The highest BCUT2D eigenvalue weighted by atomic mass is 16.5. The minimum atomic E-state index is 0.738. The van der Waals surface area contributed by atoms with E-state index in [0.717, 1.165) is 52.3 Å². The first kappa shape index (κ1) is 20.1. The molecule has 0 unspecified atom stereocenters. The second-order valence-corrected chi connectivity index (χ2v) is 8.31. The summed E-state index contributed by atoms with van der Waals surface area (Å²) in [6.45, 7) is 9.25. The lowest BCUT2D eigenvalue weighted by Crippen LogP contribution is -2.24. The zero-order valence-corrected chi connectivity index (χ0v) is 19.1. The molecule has 0 saturated carbocycles. The smallest absolute Gasteiger partial charge is 0.141 e. The van der Waals surface area contributed by atoms with Crippen molar-refractivity contribution < 1.29 is 4.74 Å². The van der Waals surface area contributed by atoms with Crippen molar-refractivity contribution in [2.45, 2.75) is 27.7 Å². The zero-order valence-electron chi connectivity index (χ0n) is 19.1. The Hall–Kier alpha value is -3.80. The van der Waals surface area contributed by atoms with Crippen LogP contribution in [0.15, 0.2) is 72.2 Å². The molecule has 0 radical (unpaired) electrons. The Morgan fingerprint density at radius 1 is 0.875 bits per heavy atom. The molecule has 0 N–H and O–H groups in total. The molecule has 0 fully saturated rings. The van der Waals surface area contributed by atoms with Gasteiger partial charge in [-0.2, -0.15) is 0 Å². The molecular weight excluding hydrogens is 398 g/mol. The van der Waals surface area contributed by atoms with E-state index in [0.29, 0.717) is 0 Å². The van der Waals surface area contributed by atoms with E-state index in [4.69, 9.17) is 9.72 Å². The van der Waals surface area contributed by atoms with Gasteiger partial charge in [0.15, 0.2) is 0 Å². The van der Waals surface area contributed by atoms with Gasteiger partial charge in [0.05, 0.1) is 23.8 Å². The maximum absolute atomic E-state index is 6.35. The van der Waals surface area contributed by atoms with Crippen molar-refractivity contribution in [2.75, 3.05) is 18.6 Å². The predicted molar refractivity (Wildman–Crippen MR) is 128 cm³/mol. The van der Waals surface area contributed by atoms with Crippen LogP contribution >= 0.6 is 0 Å². The van der Waals surface area contributed by atoms with Gasteiger partial charge in [0.2, 0.25) is 0 Å². The molecule has 0 bridgehead atoms. The van der Waals surface area contributed by atoms with Crippen molar-refractivity contribution in [3.8, 4) is 22.9 Å². The summed E-state index contributed by atoms with van der Waals surface area (Å²) >= 11 is 0. The van der Waals surface area contributed by atoms with Crippen molar-refractivity contribution in [1.82, 2.24) is 19.3 Å². The van der Waals surface area contributed by atoms with E-state index in [1.807, 2.05) is 55.6 Å². The Balaban J connectivity index is 1.54. The Bertz CT molecular complexity index is 1340. The Morgan fingerprint density at radius 3 is 2.44 bits per heavy atom. The standard InChI is InChI=1S/C26H27N5O/c1-17-18(2)31-25(24-11-6-7-12-27-24)14-23(15-26(31)28-17)32-22-10-8-9-21(13-22)30-16-29(5)19(3)20(30)4/h6-15H,16H2,1-5H3. The molecule has 4 aromatic rings. The summed E-state index contributed by atoms with van der Waals surface area (Å²) in [5.41, 5.74) is 8.45.